The normalized spacial score (nSPS) is 23.2. The molecule has 2 atom stereocenters. The van der Waals surface area contributed by atoms with Crippen LogP contribution in [0.5, 0.6) is 0 Å². The van der Waals surface area contributed by atoms with Crippen LogP contribution in [-0.2, 0) is 6.42 Å². The fourth-order valence-corrected chi connectivity index (χ4v) is 2.61. The minimum Gasteiger partial charge on any atom is -0.391 e. The van der Waals surface area contributed by atoms with Crippen molar-refractivity contribution >= 4 is 11.6 Å². The number of aliphatic hydroxyl groups is 1. The zero-order valence-corrected chi connectivity index (χ0v) is 11.6. The zero-order valence-electron chi connectivity index (χ0n) is 11.6. The van der Waals surface area contributed by atoms with Crippen LogP contribution in [0.4, 0.5) is 11.6 Å². The first-order chi connectivity index (χ1) is 9.15. The number of nitrogen functional groups attached to an aromatic ring is 1. The second-order valence-corrected chi connectivity index (χ2v) is 5.06. The largest absolute Gasteiger partial charge is 0.391 e. The first-order valence-corrected chi connectivity index (χ1v) is 6.91. The average molecular weight is 265 g/mol. The maximum absolute atomic E-state index is 10.1. The summed E-state index contributed by atoms with van der Waals surface area (Å²) >= 11 is 0. The molecule has 0 bridgehead atoms. The summed E-state index contributed by atoms with van der Waals surface area (Å²) in [5.74, 6) is 7.61. The summed E-state index contributed by atoms with van der Waals surface area (Å²) in [5, 5.41) is 10.1. The smallest absolute Gasteiger partial charge is 0.145 e. The lowest BCUT2D eigenvalue weighted by atomic mass is 9.91. The second kappa shape index (κ2) is 6.16. The molecule has 2 unspecified atom stereocenters. The van der Waals surface area contributed by atoms with Crippen molar-refractivity contribution in [2.45, 2.75) is 51.2 Å². The van der Waals surface area contributed by atoms with E-state index in [9.17, 15) is 5.11 Å². The van der Waals surface area contributed by atoms with E-state index in [0.717, 1.165) is 43.7 Å². The third-order valence-corrected chi connectivity index (χ3v) is 3.78. The number of anilines is 2. The number of hydrogen-bond acceptors (Lipinski definition) is 6. The maximum Gasteiger partial charge on any atom is 0.145 e. The Labute approximate surface area is 114 Å². The minimum atomic E-state index is -0.284. The number of aromatic nitrogens is 2. The summed E-state index contributed by atoms with van der Waals surface area (Å²) in [4.78, 5) is 10.8. The van der Waals surface area contributed by atoms with Gasteiger partial charge in [-0.25, -0.2) is 15.8 Å². The molecule has 0 radical (unpaired) electrons. The molecular weight excluding hydrogens is 242 g/mol. The van der Waals surface area contributed by atoms with E-state index < -0.39 is 0 Å². The standard InChI is InChI=1S/C13H23N5O/c1-3-11-15-12(17-14)8-13(16-11)18(2)9-6-4-5-7-10(9)19/h8-10,19H,3-7,14H2,1-2H3,(H,15,16,17). The van der Waals surface area contributed by atoms with E-state index in [1.54, 1.807) is 0 Å². The number of hydrazine groups is 1. The van der Waals surface area contributed by atoms with Gasteiger partial charge in [-0.05, 0) is 12.8 Å². The molecule has 0 spiro atoms. The molecule has 0 aromatic carbocycles. The SMILES string of the molecule is CCc1nc(NN)cc(N(C)C2CCCCC2O)n1. The monoisotopic (exact) mass is 265 g/mol. The van der Waals surface area contributed by atoms with Gasteiger partial charge >= 0.3 is 0 Å². The average Bonchev–Trinajstić information content (AvgIpc) is 2.46. The fourth-order valence-electron chi connectivity index (χ4n) is 2.61. The van der Waals surface area contributed by atoms with Crippen molar-refractivity contribution in [1.82, 2.24) is 9.97 Å². The van der Waals surface area contributed by atoms with Crippen LogP contribution in [0.1, 0.15) is 38.4 Å². The number of aliphatic hydroxyl groups excluding tert-OH is 1. The van der Waals surface area contributed by atoms with Crippen molar-refractivity contribution in [3.05, 3.63) is 11.9 Å². The van der Waals surface area contributed by atoms with E-state index in [2.05, 4.69) is 15.4 Å². The van der Waals surface area contributed by atoms with E-state index >= 15 is 0 Å². The molecule has 1 aliphatic rings. The van der Waals surface area contributed by atoms with Gasteiger partial charge in [0.25, 0.3) is 0 Å². The van der Waals surface area contributed by atoms with Gasteiger partial charge in [-0.2, -0.15) is 0 Å². The molecule has 1 aromatic heterocycles. The number of hydrogen-bond donors (Lipinski definition) is 3. The molecule has 0 amide bonds. The van der Waals surface area contributed by atoms with Gasteiger partial charge in [0.1, 0.15) is 17.5 Å². The van der Waals surface area contributed by atoms with Crippen LogP contribution in [0.2, 0.25) is 0 Å². The molecule has 1 aliphatic carbocycles. The third-order valence-electron chi connectivity index (χ3n) is 3.78. The first kappa shape index (κ1) is 14.0. The quantitative estimate of drug-likeness (QED) is 0.557. The Morgan fingerprint density at radius 2 is 2.16 bits per heavy atom. The lowest BCUT2D eigenvalue weighted by molar-refractivity contribution is 0.106. The highest BCUT2D eigenvalue weighted by Crippen LogP contribution is 2.26. The van der Waals surface area contributed by atoms with Gasteiger partial charge in [-0.1, -0.05) is 19.8 Å². The maximum atomic E-state index is 10.1. The van der Waals surface area contributed by atoms with Gasteiger partial charge in [0.2, 0.25) is 0 Å². The minimum absolute atomic E-state index is 0.124. The highest BCUT2D eigenvalue weighted by atomic mass is 16.3. The van der Waals surface area contributed by atoms with Crippen LogP contribution in [0.3, 0.4) is 0 Å². The Morgan fingerprint density at radius 3 is 2.79 bits per heavy atom. The van der Waals surface area contributed by atoms with Gasteiger partial charge in [-0.15, -0.1) is 0 Å². The second-order valence-electron chi connectivity index (χ2n) is 5.06. The van der Waals surface area contributed by atoms with Crippen molar-refractivity contribution in [3.63, 3.8) is 0 Å². The summed E-state index contributed by atoms with van der Waals surface area (Å²) in [6.07, 6.45) is 4.58. The molecule has 1 aromatic rings. The Bertz CT molecular complexity index is 403. The lowest BCUT2D eigenvalue weighted by Crippen LogP contribution is -2.44. The van der Waals surface area contributed by atoms with E-state index in [-0.39, 0.29) is 12.1 Å². The van der Waals surface area contributed by atoms with Crippen molar-refractivity contribution in [1.29, 1.82) is 0 Å². The van der Waals surface area contributed by atoms with Gasteiger partial charge in [0.15, 0.2) is 0 Å². The summed E-state index contributed by atoms with van der Waals surface area (Å²) < 4.78 is 0. The molecule has 4 N–H and O–H groups in total. The number of rotatable bonds is 4. The molecule has 0 saturated heterocycles. The molecule has 1 fully saturated rings. The Hall–Kier alpha value is -1.40. The third kappa shape index (κ3) is 3.13. The molecule has 6 nitrogen and oxygen atoms in total. The van der Waals surface area contributed by atoms with Crippen molar-refractivity contribution in [3.8, 4) is 0 Å². The van der Waals surface area contributed by atoms with Crippen LogP contribution in [0.15, 0.2) is 6.07 Å². The Balaban J connectivity index is 2.24. The summed E-state index contributed by atoms with van der Waals surface area (Å²) in [7, 11) is 1.97. The Kier molecular flexibility index (Phi) is 4.55. The predicted molar refractivity (Wildman–Crippen MR) is 75.9 cm³/mol. The van der Waals surface area contributed by atoms with Crippen LogP contribution in [0.25, 0.3) is 0 Å². The number of aryl methyl sites for hydroxylation is 1. The molecule has 19 heavy (non-hydrogen) atoms. The summed E-state index contributed by atoms with van der Waals surface area (Å²) in [6, 6.07) is 1.94. The number of nitrogens with two attached hydrogens (primary N) is 1. The Morgan fingerprint density at radius 1 is 1.42 bits per heavy atom. The van der Waals surface area contributed by atoms with Gasteiger partial charge in [0, 0.05) is 19.5 Å². The molecule has 106 valence electrons. The van der Waals surface area contributed by atoms with Gasteiger partial charge < -0.3 is 15.4 Å². The fraction of sp³-hybridized carbons (Fsp3) is 0.692. The van der Waals surface area contributed by atoms with Crippen LogP contribution in [0, 0.1) is 0 Å². The molecule has 1 saturated carbocycles. The van der Waals surface area contributed by atoms with Crippen molar-refractivity contribution in [2.24, 2.45) is 5.84 Å². The topological polar surface area (TPSA) is 87.3 Å². The molecular formula is C13H23N5O. The van der Waals surface area contributed by atoms with Crippen molar-refractivity contribution in [2.75, 3.05) is 17.4 Å². The summed E-state index contributed by atoms with van der Waals surface area (Å²) in [6.45, 7) is 2.01. The number of nitrogens with one attached hydrogen (secondary N) is 1. The molecule has 1 heterocycles. The van der Waals surface area contributed by atoms with E-state index in [0.29, 0.717) is 5.82 Å². The highest BCUT2D eigenvalue weighted by Gasteiger charge is 2.27. The summed E-state index contributed by atoms with van der Waals surface area (Å²) in [5.41, 5.74) is 2.57. The van der Waals surface area contributed by atoms with Crippen LogP contribution in [-0.4, -0.2) is 34.3 Å². The van der Waals surface area contributed by atoms with Crippen molar-refractivity contribution < 1.29 is 5.11 Å². The van der Waals surface area contributed by atoms with Gasteiger partial charge in [0.05, 0.1) is 12.1 Å². The highest BCUT2D eigenvalue weighted by molar-refractivity contribution is 5.49. The molecule has 6 heteroatoms. The predicted octanol–water partition coefficient (Wildman–Crippen LogP) is 1.06. The van der Waals surface area contributed by atoms with Gasteiger partial charge in [-0.3, -0.25) is 0 Å². The van der Waals surface area contributed by atoms with E-state index in [4.69, 9.17) is 5.84 Å². The van der Waals surface area contributed by atoms with Crippen LogP contribution >= 0.6 is 0 Å². The lowest BCUT2D eigenvalue weighted by Gasteiger charge is -2.36. The van der Waals surface area contributed by atoms with E-state index in [1.807, 2.05) is 24.9 Å². The number of nitrogens with zero attached hydrogens (tertiary/aromatic N) is 3. The first-order valence-electron chi connectivity index (χ1n) is 6.91. The zero-order chi connectivity index (χ0) is 13.8. The molecule has 0 aliphatic heterocycles. The van der Waals surface area contributed by atoms with Crippen LogP contribution < -0.4 is 16.2 Å². The van der Waals surface area contributed by atoms with E-state index in [1.165, 1.54) is 0 Å². The molecule has 2 rings (SSSR count). The number of likely N-dealkylation sites (N-methyl/N-ethyl adjacent to an activating group) is 1.